The van der Waals surface area contributed by atoms with Crippen LogP contribution in [0, 0.1) is 17.3 Å². The smallest absolute Gasteiger partial charge is 0.106 e. The molecule has 11 heavy (non-hydrogen) atoms. The number of hydrogen-bond donors (Lipinski definition) is 0. The first kappa shape index (κ1) is 7.57. The molecule has 0 spiro atoms. The number of fused-ring (bicyclic) bond motifs is 1. The van der Waals surface area contributed by atoms with Crippen molar-refractivity contribution in [2.75, 3.05) is 0 Å². The van der Waals surface area contributed by atoms with E-state index in [1.807, 2.05) is 0 Å². The zero-order chi connectivity index (χ0) is 8.06. The summed E-state index contributed by atoms with van der Waals surface area (Å²) in [5.41, 5.74) is 0.148. The maximum absolute atomic E-state index is 13.0. The predicted molar refractivity (Wildman–Crippen MR) is 44.1 cm³/mol. The Balaban J connectivity index is 1.83. The minimum Gasteiger partial charge on any atom is -0.247 e. The van der Waals surface area contributed by atoms with Crippen LogP contribution in [0.15, 0.2) is 0 Å². The van der Waals surface area contributed by atoms with Gasteiger partial charge in [0.25, 0.3) is 0 Å². The first-order chi connectivity index (χ1) is 5.21. The summed E-state index contributed by atoms with van der Waals surface area (Å²) in [7, 11) is 0. The molecule has 1 heteroatoms. The normalized spacial score (nSPS) is 53.2. The Morgan fingerprint density at radius 2 is 2.27 bits per heavy atom. The lowest BCUT2D eigenvalue weighted by molar-refractivity contribution is 0.110. The summed E-state index contributed by atoms with van der Waals surface area (Å²) in [5.74, 6) is 1.52. The van der Waals surface area contributed by atoms with Crippen molar-refractivity contribution in [2.45, 2.75) is 45.7 Å². The van der Waals surface area contributed by atoms with Crippen molar-refractivity contribution >= 4 is 0 Å². The van der Waals surface area contributed by atoms with Gasteiger partial charge < -0.3 is 0 Å². The van der Waals surface area contributed by atoms with E-state index in [0.29, 0.717) is 0 Å². The van der Waals surface area contributed by atoms with Crippen LogP contribution in [0.4, 0.5) is 4.39 Å². The number of unbranched alkanes of at least 4 members (excludes halogenated alkanes) is 1. The Morgan fingerprint density at radius 1 is 1.55 bits per heavy atom. The van der Waals surface area contributed by atoms with Crippen molar-refractivity contribution < 1.29 is 4.39 Å². The third-order valence-corrected chi connectivity index (χ3v) is 3.98. The molecule has 4 atom stereocenters. The largest absolute Gasteiger partial charge is 0.247 e. The lowest BCUT2D eigenvalue weighted by Gasteiger charge is -2.25. The summed E-state index contributed by atoms with van der Waals surface area (Å²) in [6, 6.07) is 0. The summed E-state index contributed by atoms with van der Waals surface area (Å²) < 4.78 is 13.0. The molecule has 2 rings (SSSR count). The molecule has 0 radical (unpaired) electrons. The van der Waals surface area contributed by atoms with Crippen molar-refractivity contribution in [3.05, 3.63) is 0 Å². The van der Waals surface area contributed by atoms with Gasteiger partial charge in [-0.15, -0.1) is 0 Å². The fourth-order valence-corrected chi connectivity index (χ4v) is 2.86. The lowest BCUT2D eigenvalue weighted by Crippen LogP contribution is -2.27. The van der Waals surface area contributed by atoms with Gasteiger partial charge in [-0.05, 0) is 24.7 Å². The molecule has 0 amide bonds. The third kappa shape index (κ3) is 0.800. The SMILES string of the molecule is CCCCC1C2CC(F)C12C. The molecule has 2 aliphatic carbocycles. The number of alkyl halides is 1. The molecule has 0 N–H and O–H groups in total. The van der Waals surface area contributed by atoms with Gasteiger partial charge in [0.1, 0.15) is 6.17 Å². The summed E-state index contributed by atoms with van der Waals surface area (Å²) in [4.78, 5) is 0. The van der Waals surface area contributed by atoms with Crippen LogP contribution in [-0.2, 0) is 0 Å². The average Bonchev–Trinajstić information content (AvgIpc) is 2.48. The Hall–Kier alpha value is -0.0700. The van der Waals surface area contributed by atoms with Crippen molar-refractivity contribution in [1.82, 2.24) is 0 Å². The number of halogens is 1. The number of rotatable bonds is 3. The van der Waals surface area contributed by atoms with Crippen LogP contribution >= 0.6 is 0 Å². The van der Waals surface area contributed by atoms with Crippen LogP contribution < -0.4 is 0 Å². The molecule has 0 aliphatic heterocycles. The monoisotopic (exact) mass is 156 g/mol. The molecule has 0 aromatic heterocycles. The molecule has 2 saturated carbocycles. The standard InChI is InChI=1S/C10H17F/c1-3-4-5-7-8-6-9(11)10(7,8)2/h7-9H,3-6H2,1-2H3. The molecule has 0 bridgehead atoms. The minimum absolute atomic E-state index is 0.148. The van der Waals surface area contributed by atoms with Crippen LogP contribution in [0.1, 0.15) is 39.5 Å². The van der Waals surface area contributed by atoms with Gasteiger partial charge in [-0.3, -0.25) is 0 Å². The molecule has 2 fully saturated rings. The van der Waals surface area contributed by atoms with Gasteiger partial charge in [0.05, 0.1) is 0 Å². The van der Waals surface area contributed by atoms with E-state index in [1.54, 1.807) is 0 Å². The molecule has 0 heterocycles. The molecule has 64 valence electrons. The zero-order valence-electron chi connectivity index (χ0n) is 7.44. The summed E-state index contributed by atoms with van der Waals surface area (Å²) in [6.45, 7) is 4.34. The fraction of sp³-hybridized carbons (Fsp3) is 1.00. The van der Waals surface area contributed by atoms with Crippen molar-refractivity contribution in [1.29, 1.82) is 0 Å². The third-order valence-electron chi connectivity index (χ3n) is 3.98. The fourth-order valence-electron chi connectivity index (χ4n) is 2.86. The molecular formula is C10H17F. The average molecular weight is 156 g/mol. The molecule has 0 nitrogen and oxygen atoms in total. The Morgan fingerprint density at radius 3 is 2.64 bits per heavy atom. The first-order valence-electron chi connectivity index (χ1n) is 4.85. The van der Waals surface area contributed by atoms with Crippen molar-refractivity contribution in [2.24, 2.45) is 17.3 Å². The van der Waals surface area contributed by atoms with Crippen LogP contribution in [-0.4, -0.2) is 6.17 Å². The molecule has 0 aromatic carbocycles. The van der Waals surface area contributed by atoms with Gasteiger partial charge in [-0.1, -0.05) is 26.7 Å². The minimum atomic E-state index is -0.464. The summed E-state index contributed by atoms with van der Waals surface area (Å²) in [5, 5.41) is 0. The Bertz CT molecular complexity index is 166. The topological polar surface area (TPSA) is 0 Å². The van der Waals surface area contributed by atoms with Crippen LogP contribution in [0.5, 0.6) is 0 Å². The van der Waals surface area contributed by atoms with Crippen LogP contribution in [0.25, 0.3) is 0 Å². The van der Waals surface area contributed by atoms with Gasteiger partial charge in [0.15, 0.2) is 0 Å². The highest BCUT2D eigenvalue weighted by atomic mass is 19.1. The second-order valence-electron chi connectivity index (χ2n) is 4.42. The van der Waals surface area contributed by atoms with E-state index in [2.05, 4.69) is 13.8 Å². The molecule has 4 unspecified atom stereocenters. The highest BCUT2D eigenvalue weighted by Crippen LogP contribution is 2.74. The van der Waals surface area contributed by atoms with Crippen molar-refractivity contribution in [3.63, 3.8) is 0 Å². The van der Waals surface area contributed by atoms with E-state index in [9.17, 15) is 4.39 Å². The Labute approximate surface area is 68.2 Å². The van der Waals surface area contributed by atoms with E-state index in [4.69, 9.17) is 0 Å². The maximum Gasteiger partial charge on any atom is 0.106 e. The maximum atomic E-state index is 13.0. The predicted octanol–water partition coefficient (Wildman–Crippen LogP) is 3.17. The molecule has 2 aliphatic rings. The van der Waals surface area contributed by atoms with E-state index >= 15 is 0 Å². The first-order valence-corrected chi connectivity index (χ1v) is 4.85. The van der Waals surface area contributed by atoms with Crippen molar-refractivity contribution in [3.8, 4) is 0 Å². The number of hydrogen-bond acceptors (Lipinski definition) is 0. The zero-order valence-corrected chi connectivity index (χ0v) is 7.44. The highest BCUT2D eigenvalue weighted by molar-refractivity contribution is 5.20. The summed E-state index contributed by atoms with van der Waals surface area (Å²) in [6.07, 6.45) is 4.23. The summed E-state index contributed by atoms with van der Waals surface area (Å²) >= 11 is 0. The molecular weight excluding hydrogens is 139 g/mol. The second kappa shape index (κ2) is 2.21. The van der Waals surface area contributed by atoms with Gasteiger partial charge in [0, 0.05) is 5.41 Å². The second-order valence-corrected chi connectivity index (χ2v) is 4.42. The van der Waals surface area contributed by atoms with Crippen LogP contribution in [0.3, 0.4) is 0 Å². The van der Waals surface area contributed by atoms with Gasteiger partial charge in [-0.2, -0.15) is 0 Å². The van der Waals surface area contributed by atoms with E-state index in [0.717, 1.165) is 18.3 Å². The van der Waals surface area contributed by atoms with Gasteiger partial charge in [-0.25, -0.2) is 4.39 Å². The lowest BCUT2D eigenvalue weighted by atomic mass is 9.84. The highest BCUT2D eigenvalue weighted by Gasteiger charge is 2.72. The van der Waals surface area contributed by atoms with E-state index in [-0.39, 0.29) is 5.41 Å². The van der Waals surface area contributed by atoms with Crippen LogP contribution in [0.2, 0.25) is 0 Å². The molecule has 0 aromatic rings. The molecule has 0 saturated heterocycles. The van der Waals surface area contributed by atoms with E-state index < -0.39 is 6.17 Å². The quantitative estimate of drug-likeness (QED) is 0.588. The Kier molecular flexibility index (Phi) is 1.52. The van der Waals surface area contributed by atoms with E-state index in [1.165, 1.54) is 19.3 Å². The van der Waals surface area contributed by atoms with Gasteiger partial charge in [0.2, 0.25) is 0 Å². The van der Waals surface area contributed by atoms with Gasteiger partial charge >= 0.3 is 0 Å².